The third-order valence-corrected chi connectivity index (χ3v) is 3.54. The van der Waals surface area contributed by atoms with Gasteiger partial charge in [-0.2, -0.15) is 0 Å². The predicted octanol–water partition coefficient (Wildman–Crippen LogP) is 1.57. The maximum atomic E-state index is 12.4. The largest absolute Gasteiger partial charge is 0.491 e. The zero-order valence-corrected chi connectivity index (χ0v) is 13.3. The number of nitrogens with zero attached hydrogens (tertiary/aromatic N) is 1. The minimum Gasteiger partial charge on any atom is -0.491 e. The number of methoxy groups -OCH3 is 1. The van der Waals surface area contributed by atoms with E-state index in [0.29, 0.717) is 24.5 Å². The van der Waals surface area contributed by atoms with Crippen LogP contribution in [0.25, 0.3) is 0 Å². The Morgan fingerprint density at radius 1 is 1.43 bits per heavy atom. The Morgan fingerprint density at radius 2 is 2.24 bits per heavy atom. The van der Waals surface area contributed by atoms with Crippen LogP contribution in [0.4, 0.5) is 0 Å². The summed E-state index contributed by atoms with van der Waals surface area (Å²) in [6.45, 7) is 2.86. The fraction of sp³-hybridized carbons (Fsp3) is 0.533. The van der Waals surface area contributed by atoms with Crippen molar-refractivity contribution >= 4 is 18.3 Å². The molecule has 1 heterocycles. The van der Waals surface area contributed by atoms with Crippen LogP contribution in [-0.4, -0.2) is 57.3 Å². The molecule has 0 bridgehead atoms. The number of hydrogen-bond donors (Lipinski definition) is 1. The Kier molecular flexibility index (Phi) is 7.50. The van der Waals surface area contributed by atoms with Crippen LogP contribution in [0.3, 0.4) is 0 Å². The highest BCUT2D eigenvalue weighted by Crippen LogP contribution is 2.17. The fourth-order valence-electron chi connectivity index (χ4n) is 2.30. The van der Waals surface area contributed by atoms with Crippen molar-refractivity contribution in [2.45, 2.75) is 12.5 Å². The number of ether oxygens (including phenoxy) is 2. The van der Waals surface area contributed by atoms with Gasteiger partial charge in [0.25, 0.3) is 5.91 Å². The molecule has 1 N–H and O–H groups in total. The van der Waals surface area contributed by atoms with Crippen LogP contribution in [0.5, 0.6) is 5.75 Å². The number of halogens is 1. The summed E-state index contributed by atoms with van der Waals surface area (Å²) >= 11 is 0. The molecule has 0 spiro atoms. The number of benzene rings is 1. The third kappa shape index (κ3) is 4.88. The molecule has 0 saturated carbocycles. The van der Waals surface area contributed by atoms with Gasteiger partial charge in [-0.25, -0.2) is 0 Å². The number of carbonyl (C=O) groups excluding carboxylic acids is 1. The molecule has 1 unspecified atom stereocenters. The highest BCUT2D eigenvalue weighted by Gasteiger charge is 2.24. The molecule has 1 atom stereocenters. The molecule has 1 aliphatic rings. The number of nitrogens with one attached hydrogen (secondary N) is 1. The average Bonchev–Trinajstić information content (AvgIpc) is 3.00. The van der Waals surface area contributed by atoms with Crippen molar-refractivity contribution in [3.63, 3.8) is 0 Å². The number of rotatable bonds is 6. The maximum Gasteiger partial charge on any atom is 0.254 e. The van der Waals surface area contributed by atoms with E-state index in [1.54, 1.807) is 13.2 Å². The number of amides is 1. The molecular weight excluding hydrogens is 292 g/mol. The summed E-state index contributed by atoms with van der Waals surface area (Å²) in [4.78, 5) is 14.2. The molecular formula is C15H23ClN2O3. The molecule has 1 fully saturated rings. The van der Waals surface area contributed by atoms with Crippen molar-refractivity contribution in [2.24, 2.45) is 0 Å². The Hall–Kier alpha value is -1.30. The van der Waals surface area contributed by atoms with Gasteiger partial charge in [-0.1, -0.05) is 6.07 Å². The minimum atomic E-state index is 0. The Balaban J connectivity index is 0.00000220. The normalized spacial score (nSPS) is 17.1. The van der Waals surface area contributed by atoms with Gasteiger partial charge in [-0.3, -0.25) is 4.79 Å². The van der Waals surface area contributed by atoms with E-state index in [0.717, 1.165) is 19.5 Å². The smallest absolute Gasteiger partial charge is 0.254 e. The highest BCUT2D eigenvalue weighted by atomic mass is 35.5. The lowest BCUT2D eigenvalue weighted by atomic mass is 10.1. The molecule has 1 aromatic carbocycles. The van der Waals surface area contributed by atoms with Gasteiger partial charge in [0.15, 0.2) is 0 Å². The summed E-state index contributed by atoms with van der Waals surface area (Å²) in [5, 5.41) is 3.27. The second-order valence-corrected chi connectivity index (χ2v) is 4.93. The van der Waals surface area contributed by atoms with Crippen molar-refractivity contribution in [3.05, 3.63) is 29.8 Å². The van der Waals surface area contributed by atoms with Gasteiger partial charge in [0.05, 0.1) is 6.61 Å². The minimum absolute atomic E-state index is 0. The van der Waals surface area contributed by atoms with Crippen LogP contribution in [0, 0.1) is 0 Å². The summed E-state index contributed by atoms with van der Waals surface area (Å²) in [5.41, 5.74) is 0.661. The lowest BCUT2D eigenvalue weighted by molar-refractivity contribution is 0.0743. The monoisotopic (exact) mass is 314 g/mol. The first-order valence-electron chi connectivity index (χ1n) is 6.92. The fourth-order valence-corrected chi connectivity index (χ4v) is 2.30. The van der Waals surface area contributed by atoms with Crippen LogP contribution >= 0.6 is 12.4 Å². The number of hydrogen-bond acceptors (Lipinski definition) is 4. The molecule has 118 valence electrons. The predicted molar refractivity (Wildman–Crippen MR) is 84.4 cm³/mol. The van der Waals surface area contributed by atoms with Crippen LogP contribution in [0.1, 0.15) is 16.8 Å². The quantitative estimate of drug-likeness (QED) is 0.810. The van der Waals surface area contributed by atoms with Crippen LogP contribution in [0.15, 0.2) is 24.3 Å². The molecule has 6 heteroatoms. The van der Waals surface area contributed by atoms with E-state index in [9.17, 15) is 4.79 Å². The van der Waals surface area contributed by atoms with E-state index in [2.05, 4.69) is 5.32 Å². The van der Waals surface area contributed by atoms with Crippen molar-refractivity contribution < 1.29 is 14.3 Å². The van der Waals surface area contributed by atoms with Crippen molar-refractivity contribution in [1.29, 1.82) is 0 Å². The van der Waals surface area contributed by atoms with Gasteiger partial charge in [-0.15, -0.1) is 12.4 Å². The van der Waals surface area contributed by atoms with Gasteiger partial charge in [-0.05, 0) is 31.2 Å². The first kappa shape index (κ1) is 17.8. The Labute approximate surface area is 132 Å². The first-order valence-corrected chi connectivity index (χ1v) is 6.92. The third-order valence-electron chi connectivity index (χ3n) is 3.54. The lowest BCUT2D eigenvalue weighted by Crippen LogP contribution is -2.38. The summed E-state index contributed by atoms with van der Waals surface area (Å²) in [7, 11) is 3.49. The van der Waals surface area contributed by atoms with Crippen molar-refractivity contribution in [2.75, 3.05) is 40.5 Å². The molecule has 0 aromatic heterocycles. The van der Waals surface area contributed by atoms with Crippen LogP contribution in [0.2, 0.25) is 0 Å². The zero-order chi connectivity index (χ0) is 14.4. The standard InChI is InChI=1S/C15H22N2O3.ClH/c1-17(13-6-7-16-11-13)15(18)12-4-3-5-14(10-12)20-9-8-19-2;/h3-5,10,13,16H,6-9,11H2,1-2H3;1H. The molecule has 5 nitrogen and oxygen atoms in total. The van der Waals surface area contributed by atoms with Gasteiger partial charge in [0.1, 0.15) is 12.4 Å². The van der Waals surface area contributed by atoms with Gasteiger partial charge >= 0.3 is 0 Å². The topological polar surface area (TPSA) is 50.8 Å². The first-order chi connectivity index (χ1) is 9.72. The van der Waals surface area contributed by atoms with Gasteiger partial charge in [0.2, 0.25) is 0 Å². The molecule has 1 amide bonds. The van der Waals surface area contributed by atoms with E-state index in [4.69, 9.17) is 9.47 Å². The second-order valence-electron chi connectivity index (χ2n) is 4.93. The van der Waals surface area contributed by atoms with Crippen LogP contribution < -0.4 is 10.1 Å². The molecule has 0 radical (unpaired) electrons. The molecule has 1 aromatic rings. The SMILES string of the molecule is COCCOc1cccc(C(=O)N(C)C2CCNC2)c1.Cl. The number of carbonyl (C=O) groups is 1. The van der Waals surface area contributed by atoms with Gasteiger partial charge in [0, 0.05) is 32.3 Å². The van der Waals surface area contributed by atoms with E-state index in [1.165, 1.54) is 0 Å². The lowest BCUT2D eigenvalue weighted by Gasteiger charge is -2.24. The molecule has 1 saturated heterocycles. The summed E-state index contributed by atoms with van der Waals surface area (Å²) in [6.07, 6.45) is 1.01. The van der Waals surface area contributed by atoms with Crippen LogP contribution in [-0.2, 0) is 4.74 Å². The molecule has 21 heavy (non-hydrogen) atoms. The van der Waals surface area contributed by atoms with Gasteiger partial charge < -0.3 is 19.7 Å². The molecule has 0 aliphatic carbocycles. The van der Waals surface area contributed by atoms with E-state index >= 15 is 0 Å². The summed E-state index contributed by atoms with van der Waals surface area (Å²) < 4.78 is 10.5. The Morgan fingerprint density at radius 3 is 2.90 bits per heavy atom. The van der Waals surface area contributed by atoms with Crippen molar-refractivity contribution in [3.8, 4) is 5.75 Å². The number of likely N-dealkylation sites (N-methyl/N-ethyl adjacent to an activating group) is 1. The van der Waals surface area contributed by atoms with Crippen molar-refractivity contribution in [1.82, 2.24) is 10.2 Å². The van der Waals surface area contributed by atoms with E-state index < -0.39 is 0 Å². The summed E-state index contributed by atoms with van der Waals surface area (Å²) in [5.74, 6) is 0.738. The highest BCUT2D eigenvalue weighted by molar-refractivity contribution is 5.94. The zero-order valence-electron chi connectivity index (χ0n) is 12.5. The maximum absolute atomic E-state index is 12.4. The summed E-state index contributed by atoms with van der Waals surface area (Å²) in [6, 6.07) is 7.58. The van der Waals surface area contributed by atoms with E-state index in [1.807, 2.05) is 30.1 Å². The second kappa shape index (κ2) is 8.87. The average molecular weight is 315 g/mol. The Bertz CT molecular complexity index is 450. The molecule has 2 rings (SSSR count). The van der Waals surface area contributed by atoms with E-state index in [-0.39, 0.29) is 24.4 Å². The molecule has 1 aliphatic heterocycles.